The Balaban J connectivity index is 2.83. The van der Waals surface area contributed by atoms with E-state index in [4.69, 9.17) is 0 Å². The molecule has 3 heteroatoms. The summed E-state index contributed by atoms with van der Waals surface area (Å²) in [6, 6.07) is 0. The Kier molecular flexibility index (Phi) is 13.2. The maximum atomic E-state index is 3.79. The predicted octanol–water partition coefficient (Wildman–Crippen LogP) is 5.48. The minimum absolute atomic E-state index is 0.638. The Hall–Kier alpha value is 0.790. The second-order valence-corrected chi connectivity index (χ2v) is 17.7. The van der Waals surface area contributed by atoms with Gasteiger partial charge in [-0.2, -0.15) is 0 Å². The molecule has 142 valence electrons. The molecule has 0 heterocycles. The van der Waals surface area contributed by atoms with Gasteiger partial charge >= 0.3 is 161 Å². The average molecular weight is 440 g/mol. The quantitative estimate of drug-likeness (QED) is 0.374. The molecule has 1 aliphatic rings. The van der Waals surface area contributed by atoms with Gasteiger partial charge in [0, 0.05) is 0 Å². The summed E-state index contributed by atoms with van der Waals surface area (Å²) in [5.74, 6) is 0.924. The van der Waals surface area contributed by atoms with E-state index in [1.54, 1.807) is 12.5 Å². The molecule has 2 N–H and O–H groups in total. The molecule has 2 unspecified atom stereocenters. The number of hydrogen-bond acceptors (Lipinski definition) is 2. The van der Waals surface area contributed by atoms with Crippen molar-refractivity contribution in [3.05, 3.63) is 0 Å². The van der Waals surface area contributed by atoms with E-state index in [0.29, 0.717) is 5.41 Å². The van der Waals surface area contributed by atoms with Crippen LogP contribution in [-0.2, 0) is 0 Å². The predicted molar refractivity (Wildman–Crippen MR) is 111 cm³/mol. The number of nitrogens with one attached hydrogen (secondary N) is 2. The van der Waals surface area contributed by atoms with Gasteiger partial charge in [0.05, 0.1) is 0 Å². The average Bonchev–Trinajstić information content (AvgIpc) is 2.61. The van der Waals surface area contributed by atoms with Gasteiger partial charge in [0.25, 0.3) is 0 Å². The molecule has 2 nitrogen and oxygen atoms in total. The molecule has 2 atom stereocenters. The molecule has 1 rings (SSSR count). The van der Waals surface area contributed by atoms with Crippen molar-refractivity contribution in [3.63, 3.8) is 0 Å². The van der Waals surface area contributed by atoms with Crippen molar-refractivity contribution in [2.75, 3.05) is 26.2 Å². The van der Waals surface area contributed by atoms with E-state index in [9.17, 15) is 0 Å². The van der Waals surface area contributed by atoms with E-state index in [-0.39, 0.29) is 0 Å². The zero-order valence-corrected chi connectivity index (χ0v) is 20.6. The van der Waals surface area contributed by atoms with E-state index in [2.05, 4.69) is 38.3 Å². The Morgan fingerprint density at radius 2 is 1.58 bits per heavy atom. The van der Waals surface area contributed by atoms with Crippen LogP contribution in [0.25, 0.3) is 0 Å². The second-order valence-electron chi connectivity index (χ2n) is 8.25. The molecule has 0 aromatic carbocycles. The van der Waals surface area contributed by atoms with Crippen molar-refractivity contribution in [2.24, 2.45) is 11.3 Å². The van der Waals surface area contributed by atoms with E-state index >= 15 is 0 Å². The molecule has 24 heavy (non-hydrogen) atoms. The first kappa shape index (κ1) is 22.8. The second kappa shape index (κ2) is 13.9. The fraction of sp³-hybridized carbons (Fsp3) is 1.00. The van der Waals surface area contributed by atoms with Crippen LogP contribution in [0, 0.1) is 11.3 Å². The topological polar surface area (TPSA) is 24.1 Å². The molecule has 0 amide bonds. The molecule has 0 saturated heterocycles. The van der Waals surface area contributed by atoms with Crippen molar-refractivity contribution in [3.8, 4) is 0 Å². The van der Waals surface area contributed by atoms with Crippen molar-refractivity contribution in [2.45, 2.75) is 91.6 Å². The molecule has 0 bridgehead atoms. The van der Waals surface area contributed by atoms with Crippen LogP contribution in [0.5, 0.6) is 0 Å². The van der Waals surface area contributed by atoms with Crippen LogP contribution in [0.3, 0.4) is 0 Å². The van der Waals surface area contributed by atoms with Gasteiger partial charge in [-0.25, -0.2) is 0 Å². The number of hydrogen-bond donors (Lipinski definition) is 2. The number of unbranched alkanes of at least 4 members (excludes halogenated alkanes) is 2. The SMILES string of the molecule is CCC[CH2][In]([CH2]CCC)[CH2]C1(CNCC)CCCCC1CNCC. The van der Waals surface area contributed by atoms with E-state index < -0.39 is 21.4 Å². The van der Waals surface area contributed by atoms with Crippen LogP contribution in [0.15, 0.2) is 0 Å². The summed E-state index contributed by atoms with van der Waals surface area (Å²) in [6.07, 6.45) is 11.8. The van der Waals surface area contributed by atoms with Crippen LogP contribution in [0.2, 0.25) is 12.5 Å². The molecule has 0 spiro atoms. The van der Waals surface area contributed by atoms with Gasteiger partial charge in [0.2, 0.25) is 0 Å². The van der Waals surface area contributed by atoms with Crippen LogP contribution >= 0.6 is 0 Å². The summed E-state index contributed by atoms with van der Waals surface area (Å²) >= 11 is -1.38. The molecule has 0 aromatic rings. The van der Waals surface area contributed by atoms with Gasteiger partial charge in [-0.3, -0.25) is 0 Å². The van der Waals surface area contributed by atoms with Crippen molar-refractivity contribution < 1.29 is 0 Å². The first-order valence-corrected chi connectivity index (χ1v) is 18.1. The fourth-order valence-corrected chi connectivity index (χ4v) is 17.7. The summed E-state index contributed by atoms with van der Waals surface area (Å²) < 4.78 is 5.01. The monoisotopic (exact) mass is 440 g/mol. The van der Waals surface area contributed by atoms with Crippen molar-refractivity contribution >= 4 is 21.4 Å². The summed E-state index contributed by atoms with van der Waals surface area (Å²) in [5, 5.41) is 7.49. The first-order valence-electron chi connectivity index (χ1n) is 11.1. The Morgan fingerprint density at radius 1 is 0.917 bits per heavy atom. The van der Waals surface area contributed by atoms with Gasteiger partial charge in [0.1, 0.15) is 0 Å². The molecular formula is C21H45InN2. The Morgan fingerprint density at radius 3 is 2.17 bits per heavy atom. The number of rotatable bonds is 14. The van der Waals surface area contributed by atoms with Crippen LogP contribution in [-0.4, -0.2) is 47.6 Å². The third-order valence-electron chi connectivity index (χ3n) is 6.34. The maximum absolute atomic E-state index is 3.79. The molecule has 1 fully saturated rings. The van der Waals surface area contributed by atoms with Gasteiger partial charge in [-0.15, -0.1) is 0 Å². The molecular weight excluding hydrogens is 395 g/mol. The summed E-state index contributed by atoms with van der Waals surface area (Å²) in [4.78, 5) is 0. The normalized spacial score (nSPS) is 24.2. The standard InChI is InChI=1S/C13H27N2.2C4H9.In/c1-4-14-10-12-8-6-7-9-13(12,3)11-15-5-2;2*1-3-4-2;/h12,14-15H,3-11H2,1-2H3;2*1,3-4H2,2H3;. The molecule has 1 saturated carbocycles. The van der Waals surface area contributed by atoms with Crippen molar-refractivity contribution in [1.29, 1.82) is 0 Å². The molecule has 0 aromatic heterocycles. The fourth-order valence-electron chi connectivity index (χ4n) is 4.87. The summed E-state index contributed by atoms with van der Waals surface area (Å²) in [7, 11) is 0. The molecule has 0 radical (unpaired) electrons. The first-order chi connectivity index (χ1) is 11.7. The minimum atomic E-state index is -1.38. The zero-order valence-electron chi connectivity index (χ0n) is 17.3. The third-order valence-corrected chi connectivity index (χ3v) is 17.3. The van der Waals surface area contributed by atoms with Crippen LogP contribution in [0.1, 0.15) is 79.1 Å². The molecule has 0 aliphatic heterocycles. The van der Waals surface area contributed by atoms with E-state index in [1.165, 1.54) is 64.5 Å². The zero-order chi connectivity index (χ0) is 17.7. The van der Waals surface area contributed by atoms with Gasteiger partial charge in [0.15, 0.2) is 0 Å². The van der Waals surface area contributed by atoms with Gasteiger partial charge < -0.3 is 0 Å². The van der Waals surface area contributed by atoms with Crippen LogP contribution < -0.4 is 10.6 Å². The summed E-state index contributed by atoms with van der Waals surface area (Å²) in [6.45, 7) is 14.1. The molecule has 1 aliphatic carbocycles. The third kappa shape index (κ3) is 7.99. The van der Waals surface area contributed by atoms with Crippen LogP contribution in [0.4, 0.5) is 0 Å². The van der Waals surface area contributed by atoms with Gasteiger partial charge in [-0.1, -0.05) is 0 Å². The van der Waals surface area contributed by atoms with Gasteiger partial charge in [-0.05, 0) is 0 Å². The van der Waals surface area contributed by atoms with Crippen molar-refractivity contribution in [1.82, 2.24) is 10.6 Å². The Bertz CT molecular complexity index is 290. The van der Waals surface area contributed by atoms with E-state index in [0.717, 1.165) is 19.0 Å². The Labute approximate surface area is 160 Å². The summed E-state index contributed by atoms with van der Waals surface area (Å²) in [5.41, 5.74) is 0.638. The van der Waals surface area contributed by atoms with E-state index in [1.807, 2.05) is 0 Å².